The fraction of sp³-hybridized carbons (Fsp3) is 0.800. The molecule has 0 aromatic carbocycles. The predicted molar refractivity (Wildman–Crippen MR) is 47.4 cm³/mol. The maximum absolute atomic E-state index is 5.72. The monoisotopic (exact) mass is 154 g/mol. The van der Waals surface area contributed by atoms with Crippen LogP contribution in [0.4, 0.5) is 0 Å². The van der Waals surface area contributed by atoms with Gasteiger partial charge in [-0.2, -0.15) is 0 Å². The van der Waals surface area contributed by atoms with Crippen LogP contribution in [0.3, 0.4) is 0 Å². The smallest absolute Gasteiger partial charge is 0.100 e. The van der Waals surface area contributed by atoms with Gasteiger partial charge in [-0.1, -0.05) is 0 Å². The maximum atomic E-state index is 5.72. The molecule has 0 aromatic rings. The molecule has 1 fully saturated rings. The van der Waals surface area contributed by atoms with Gasteiger partial charge >= 0.3 is 0 Å². The van der Waals surface area contributed by atoms with Crippen molar-refractivity contribution in [1.29, 1.82) is 0 Å². The average molecular weight is 154 g/mol. The molecule has 0 aromatic heterocycles. The third kappa shape index (κ3) is 2.57. The summed E-state index contributed by atoms with van der Waals surface area (Å²) in [5.41, 5.74) is 1.49. The van der Waals surface area contributed by atoms with Crippen LogP contribution in [-0.4, -0.2) is 5.60 Å². The van der Waals surface area contributed by atoms with Gasteiger partial charge in [0.05, 0.1) is 5.76 Å². The maximum Gasteiger partial charge on any atom is 0.100 e. The van der Waals surface area contributed by atoms with E-state index in [0.29, 0.717) is 0 Å². The van der Waals surface area contributed by atoms with Gasteiger partial charge in [0.2, 0.25) is 0 Å². The molecule has 1 aliphatic carbocycles. The van der Waals surface area contributed by atoms with E-state index < -0.39 is 0 Å². The highest BCUT2D eigenvalue weighted by molar-refractivity contribution is 5.13. The predicted octanol–water partition coefficient (Wildman–Crippen LogP) is 3.26. The first-order valence-corrected chi connectivity index (χ1v) is 4.37. The summed E-state index contributed by atoms with van der Waals surface area (Å²) in [7, 11) is 0. The molecule has 0 spiro atoms. The molecule has 0 heterocycles. The van der Waals surface area contributed by atoms with Gasteiger partial charge < -0.3 is 4.74 Å². The van der Waals surface area contributed by atoms with Crippen molar-refractivity contribution in [3.63, 3.8) is 0 Å². The van der Waals surface area contributed by atoms with Crippen LogP contribution in [0.15, 0.2) is 11.3 Å². The zero-order valence-electron chi connectivity index (χ0n) is 8.03. The number of ether oxygens (including phenoxy) is 1. The molecule has 1 nitrogen and oxygen atoms in total. The minimum atomic E-state index is -0.0212. The highest BCUT2D eigenvalue weighted by Gasteiger charge is 2.17. The third-order valence-electron chi connectivity index (χ3n) is 1.91. The van der Waals surface area contributed by atoms with Gasteiger partial charge in [0.25, 0.3) is 0 Å². The number of hydrogen-bond acceptors (Lipinski definition) is 1. The lowest BCUT2D eigenvalue weighted by atomic mass is 9.91. The topological polar surface area (TPSA) is 9.23 Å². The van der Waals surface area contributed by atoms with Gasteiger partial charge in [-0.25, -0.2) is 0 Å². The second-order valence-corrected chi connectivity index (χ2v) is 4.23. The van der Waals surface area contributed by atoms with Gasteiger partial charge in [0, 0.05) is 0 Å². The Hall–Kier alpha value is -0.460. The van der Waals surface area contributed by atoms with E-state index in [-0.39, 0.29) is 5.60 Å². The van der Waals surface area contributed by atoms with Crippen LogP contribution < -0.4 is 0 Å². The quantitative estimate of drug-likeness (QED) is 0.527. The summed E-state index contributed by atoms with van der Waals surface area (Å²) in [6.07, 6.45) is 3.85. The summed E-state index contributed by atoms with van der Waals surface area (Å²) in [6.45, 7) is 8.36. The molecule has 1 rings (SSSR count). The van der Waals surface area contributed by atoms with Crippen LogP contribution >= 0.6 is 0 Å². The molecule has 0 atom stereocenters. The summed E-state index contributed by atoms with van der Waals surface area (Å²) in [6, 6.07) is 0. The molecule has 0 radical (unpaired) electrons. The van der Waals surface area contributed by atoms with Gasteiger partial charge in [0.1, 0.15) is 5.60 Å². The van der Waals surface area contributed by atoms with Gasteiger partial charge in [-0.15, -0.1) is 0 Å². The number of hydrogen-bond donors (Lipinski definition) is 0. The Bertz CT molecular complexity index is 166. The first-order chi connectivity index (χ1) is 4.99. The Kier molecular flexibility index (Phi) is 2.26. The summed E-state index contributed by atoms with van der Waals surface area (Å²) < 4.78 is 5.72. The van der Waals surface area contributed by atoms with Crippen LogP contribution in [0.5, 0.6) is 0 Å². The Morgan fingerprint density at radius 1 is 1.27 bits per heavy atom. The summed E-state index contributed by atoms with van der Waals surface area (Å²) in [5.74, 6) is 1.16. The van der Waals surface area contributed by atoms with E-state index in [1.807, 2.05) is 0 Å². The summed E-state index contributed by atoms with van der Waals surface area (Å²) >= 11 is 0. The lowest BCUT2D eigenvalue weighted by molar-refractivity contribution is 0.0492. The fourth-order valence-electron chi connectivity index (χ4n) is 1.24. The standard InChI is InChI=1S/C10H18O/c1-8(9-6-5-7-9)11-10(2,3)4/h5-7H2,1-4H3. The lowest BCUT2D eigenvalue weighted by Crippen LogP contribution is -2.19. The van der Waals surface area contributed by atoms with Crippen LogP contribution in [0.2, 0.25) is 0 Å². The molecule has 0 aliphatic heterocycles. The molecular formula is C10H18O. The number of allylic oxidation sites excluding steroid dienone is 2. The Labute approximate surface area is 69.4 Å². The van der Waals surface area contributed by atoms with E-state index >= 15 is 0 Å². The third-order valence-corrected chi connectivity index (χ3v) is 1.91. The minimum absolute atomic E-state index is 0.0212. The molecule has 64 valence electrons. The van der Waals surface area contributed by atoms with Crippen LogP contribution in [0.1, 0.15) is 47.0 Å². The van der Waals surface area contributed by atoms with E-state index in [9.17, 15) is 0 Å². The molecular weight excluding hydrogens is 136 g/mol. The average Bonchev–Trinajstić information content (AvgIpc) is 1.50. The molecule has 0 bridgehead atoms. The highest BCUT2D eigenvalue weighted by atomic mass is 16.5. The SMILES string of the molecule is CC(OC(C)(C)C)=C1CCC1. The van der Waals surface area contributed by atoms with Crippen LogP contribution in [-0.2, 0) is 4.74 Å². The highest BCUT2D eigenvalue weighted by Crippen LogP contribution is 2.30. The molecule has 11 heavy (non-hydrogen) atoms. The molecule has 1 aliphatic rings. The summed E-state index contributed by atoms with van der Waals surface area (Å²) in [5, 5.41) is 0. The van der Waals surface area contributed by atoms with E-state index in [4.69, 9.17) is 4.74 Å². The van der Waals surface area contributed by atoms with Crippen molar-refractivity contribution in [2.45, 2.75) is 52.6 Å². The molecule has 1 saturated carbocycles. The second-order valence-electron chi connectivity index (χ2n) is 4.23. The van der Waals surface area contributed by atoms with Crippen molar-refractivity contribution in [2.75, 3.05) is 0 Å². The van der Waals surface area contributed by atoms with E-state index in [1.54, 1.807) is 0 Å². The van der Waals surface area contributed by atoms with Crippen LogP contribution in [0.25, 0.3) is 0 Å². The Morgan fingerprint density at radius 3 is 2.09 bits per heavy atom. The fourth-order valence-corrected chi connectivity index (χ4v) is 1.24. The number of rotatable bonds is 1. The first-order valence-electron chi connectivity index (χ1n) is 4.37. The van der Waals surface area contributed by atoms with E-state index in [2.05, 4.69) is 27.7 Å². The molecule has 0 amide bonds. The van der Waals surface area contributed by atoms with E-state index in [1.165, 1.54) is 24.8 Å². The lowest BCUT2D eigenvalue weighted by Gasteiger charge is -2.27. The van der Waals surface area contributed by atoms with Crippen LogP contribution in [0, 0.1) is 0 Å². The Morgan fingerprint density at radius 2 is 1.82 bits per heavy atom. The zero-order chi connectivity index (χ0) is 8.48. The molecule has 0 saturated heterocycles. The largest absolute Gasteiger partial charge is 0.493 e. The normalized spacial score (nSPS) is 17.6. The van der Waals surface area contributed by atoms with Crippen molar-refractivity contribution in [3.05, 3.63) is 11.3 Å². The Balaban J connectivity index is 2.48. The molecule has 1 heteroatoms. The minimum Gasteiger partial charge on any atom is -0.493 e. The zero-order valence-corrected chi connectivity index (χ0v) is 8.03. The first kappa shape index (κ1) is 8.63. The molecule has 0 unspecified atom stereocenters. The van der Waals surface area contributed by atoms with Crippen molar-refractivity contribution in [2.24, 2.45) is 0 Å². The van der Waals surface area contributed by atoms with Gasteiger partial charge in [0.15, 0.2) is 0 Å². The second kappa shape index (κ2) is 2.88. The van der Waals surface area contributed by atoms with E-state index in [0.717, 1.165) is 5.76 Å². The van der Waals surface area contributed by atoms with Crippen molar-refractivity contribution in [1.82, 2.24) is 0 Å². The van der Waals surface area contributed by atoms with Gasteiger partial charge in [-0.3, -0.25) is 0 Å². The van der Waals surface area contributed by atoms with Crippen molar-refractivity contribution < 1.29 is 4.74 Å². The molecule has 0 N–H and O–H groups in total. The summed E-state index contributed by atoms with van der Waals surface area (Å²) in [4.78, 5) is 0. The van der Waals surface area contributed by atoms with Gasteiger partial charge in [-0.05, 0) is 52.5 Å². The van der Waals surface area contributed by atoms with Crippen molar-refractivity contribution >= 4 is 0 Å². The van der Waals surface area contributed by atoms with Crippen molar-refractivity contribution in [3.8, 4) is 0 Å².